The van der Waals surface area contributed by atoms with E-state index in [4.69, 9.17) is 0 Å². The lowest BCUT2D eigenvalue weighted by Crippen LogP contribution is -2.22. The zero-order chi connectivity index (χ0) is 13.0. The Morgan fingerprint density at radius 1 is 1.39 bits per heavy atom. The van der Waals surface area contributed by atoms with Gasteiger partial charge in [-0.2, -0.15) is 0 Å². The van der Waals surface area contributed by atoms with Gasteiger partial charge >= 0.3 is 0 Å². The Labute approximate surface area is 134 Å². The van der Waals surface area contributed by atoms with Crippen molar-refractivity contribution in [3.05, 3.63) is 54.2 Å². The number of rotatable bonds is 5. The van der Waals surface area contributed by atoms with Gasteiger partial charge in [0.2, 0.25) is 0 Å². The molecule has 1 unspecified atom stereocenters. The van der Waals surface area contributed by atoms with Crippen LogP contribution in [0.4, 0.5) is 0 Å². The van der Waals surface area contributed by atoms with Crippen molar-refractivity contribution in [2.75, 3.05) is 6.54 Å². The summed E-state index contributed by atoms with van der Waals surface area (Å²) in [6.45, 7) is 3.22. The quantitative estimate of drug-likeness (QED) is 0.636. The largest absolute Gasteiger partial charge is 0.306 e. The third-order valence-electron chi connectivity index (χ3n) is 2.69. The molecule has 96 valence electrons. The molecule has 2 aromatic rings. The van der Waals surface area contributed by atoms with E-state index in [1.807, 2.05) is 0 Å². The number of nitrogens with one attached hydrogen (secondary N) is 1. The summed E-state index contributed by atoms with van der Waals surface area (Å²) in [4.78, 5) is 1.35. The van der Waals surface area contributed by atoms with Gasteiger partial charge in [0.1, 0.15) is 0 Å². The molecular formula is C14H15BrINS. The van der Waals surface area contributed by atoms with Gasteiger partial charge in [-0.25, -0.2) is 0 Å². The van der Waals surface area contributed by atoms with Gasteiger partial charge in [-0.1, -0.05) is 19.1 Å². The van der Waals surface area contributed by atoms with Gasteiger partial charge in [0.25, 0.3) is 0 Å². The molecule has 0 amide bonds. The predicted molar refractivity (Wildman–Crippen MR) is 91.3 cm³/mol. The molecule has 0 aliphatic carbocycles. The van der Waals surface area contributed by atoms with Crippen LogP contribution in [-0.4, -0.2) is 6.54 Å². The van der Waals surface area contributed by atoms with E-state index in [2.05, 4.69) is 86.5 Å². The molecule has 18 heavy (non-hydrogen) atoms. The predicted octanol–water partition coefficient (Wildman–Crippen LogP) is 5.20. The smallest absolute Gasteiger partial charge is 0.0682 e. The molecule has 1 aromatic heterocycles. The number of hydrogen-bond donors (Lipinski definition) is 1. The molecule has 0 fully saturated rings. The second-order valence-electron chi connectivity index (χ2n) is 4.07. The number of thiophene rings is 1. The van der Waals surface area contributed by atoms with Crippen molar-refractivity contribution in [3.63, 3.8) is 0 Å². The fourth-order valence-electron chi connectivity index (χ4n) is 1.85. The molecule has 0 spiro atoms. The van der Waals surface area contributed by atoms with Gasteiger partial charge in [0.05, 0.1) is 6.04 Å². The zero-order valence-corrected chi connectivity index (χ0v) is 14.7. The first-order valence-corrected chi connectivity index (χ1v) is 8.69. The average molecular weight is 436 g/mol. The Bertz CT molecular complexity index is 512. The third kappa shape index (κ3) is 3.56. The normalized spacial score (nSPS) is 12.6. The molecule has 0 bridgehead atoms. The van der Waals surface area contributed by atoms with Crippen molar-refractivity contribution in [1.82, 2.24) is 5.32 Å². The fraction of sp³-hybridized carbons (Fsp3) is 0.286. The van der Waals surface area contributed by atoms with Crippen LogP contribution in [-0.2, 0) is 0 Å². The molecule has 1 nitrogen and oxygen atoms in total. The van der Waals surface area contributed by atoms with Crippen LogP contribution in [0.3, 0.4) is 0 Å². The van der Waals surface area contributed by atoms with E-state index in [0.29, 0.717) is 0 Å². The average Bonchev–Trinajstić information content (AvgIpc) is 2.77. The molecule has 4 heteroatoms. The van der Waals surface area contributed by atoms with Crippen molar-refractivity contribution >= 4 is 49.9 Å². The second-order valence-corrected chi connectivity index (χ2v) is 7.12. The van der Waals surface area contributed by atoms with E-state index in [1.165, 1.54) is 18.5 Å². The summed E-state index contributed by atoms with van der Waals surface area (Å²) in [5, 5.41) is 5.77. The fourth-order valence-corrected chi connectivity index (χ4v) is 4.12. The first-order chi connectivity index (χ1) is 8.72. The highest BCUT2D eigenvalue weighted by Crippen LogP contribution is 2.33. The maximum Gasteiger partial charge on any atom is 0.0682 e. The first-order valence-electron chi connectivity index (χ1n) is 5.94. The van der Waals surface area contributed by atoms with Crippen LogP contribution in [0.25, 0.3) is 0 Å². The highest BCUT2D eigenvalue weighted by atomic mass is 127. The molecule has 1 N–H and O–H groups in total. The van der Waals surface area contributed by atoms with E-state index in [1.54, 1.807) is 11.3 Å². The second kappa shape index (κ2) is 7.03. The Morgan fingerprint density at radius 2 is 2.22 bits per heavy atom. The maximum absolute atomic E-state index is 3.64. The van der Waals surface area contributed by atoms with Crippen molar-refractivity contribution in [3.8, 4) is 0 Å². The van der Waals surface area contributed by atoms with Gasteiger partial charge in [0, 0.05) is 12.9 Å². The van der Waals surface area contributed by atoms with Crippen LogP contribution in [0.15, 0.2) is 40.2 Å². The summed E-state index contributed by atoms with van der Waals surface area (Å²) in [5.74, 6) is 0. The summed E-state index contributed by atoms with van der Waals surface area (Å²) in [7, 11) is 0. The highest BCUT2D eigenvalue weighted by Gasteiger charge is 2.17. The van der Waals surface area contributed by atoms with Crippen LogP contribution >= 0.6 is 49.9 Å². The van der Waals surface area contributed by atoms with Gasteiger partial charge in [0.15, 0.2) is 0 Å². The van der Waals surface area contributed by atoms with Crippen LogP contribution in [0.2, 0.25) is 0 Å². The van der Waals surface area contributed by atoms with Crippen LogP contribution in [0.5, 0.6) is 0 Å². The monoisotopic (exact) mass is 435 g/mol. The van der Waals surface area contributed by atoms with Crippen LogP contribution in [0.1, 0.15) is 29.8 Å². The molecule has 1 heterocycles. The van der Waals surface area contributed by atoms with E-state index >= 15 is 0 Å². The van der Waals surface area contributed by atoms with Gasteiger partial charge in [-0.05, 0) is 80.6 Å². The molecule has 0 aliphatic rings. The first kappa shape index (κ1) is 14.5. The minimum Gasteiger partial charge on any atom is -0.306 e. The molecule has 0 aliphatic heterocycles. The molecule has 1 aromatic carbocycles. The number of benzene rings is 1. The Kier molecular flexibility index (Phi) is 5.66. The number of halogens is 2. The van der Waals surface area contributed by atoms with Crippen molar-refractivity contribution in [2.45, 2.75) is 19.4 Å². The van der Waals surface area contributed by atoms with Crippen molar-refractivity contribution in [1.29, 1.82) is 0 Å². The SMILES string of the molecule is CCCNC(c1cccc(I)c1)c1sccc1Br. The lowest BCUT2D eigenvalue weighted by Gasteiger charge is -2.18. The van der Waals surface area contributed by atoms with Gasteiger partial charge in [-0.3, -0.25) is 0 Å². The molecular weight excluding hydrogens is 421 g/mol. The summed E-state index contributed by atoms with van der Waals surface area (Å²) < 4.78 is 2.47. The lowest BCUT2D eigenvalue weighted by molar-refractivity contribution is 0.604. The van der Waals surface area contributed by atoms with Crippen molar-refractivity contribution in [2.24, 2.45) is 0 Å². The van der Waals surface area contributed by atoms with Gasteiger partial charge < -0.3 is 5.32 Å². The minimum absolute atomic E-state index is 0.286. The van der Waals surface area contributed by atoms with E-state index in [9.17, 15) is 0 Å². The topological polar surface area (TPSA) is 12.0 Å². The molecule has 1 atom stereocenters. The van der Waals surface area contributed by atoms with E-state index < -0.39 is 0 Å². The summed E-state index contributed by atoms with van der Waals surface area (Å²) in [6.07, 6.45) is 1.14. The summed E-state index contributed by atoms with van der Waals surface area (Å²) in [6, 6.07) is 11.1. The molecule has 0 saturated heterocycles. The molecule has 0 radical (unpaired) electrons. The van der Waals surface area contributed by atoms with Crippen LogP contribution in [0, 0.1) is 3.57 Å². The minimum atomic E-state index is 0.286. The van der Waals surface area contributed by atoms with Gasteiger partial charge in [-0.15, -0.1) is 11.3 Å². The maximum atomic E-state index is 3.64. The summed E-state index contributed by atoms with van der Waals surface area (Å²) >= 11 is 7.81. The summed E-state index contributed by atoms with van der Waals surface area (Å²) in [5.41, 5.74) is 1.33. The molecule has 2 rings (SSSR count). The van der Waals surface area contributed by atoms with Crippen molar-refractivity contribution < 1.29 is 0 Å². The standard InChI is InChI=1S/C14H15BrINS/c1-2-7-17-13(14-12(15)6-8-18-14)10-4-3-5-11(16)9-10/h3-6,8-9,13,17H,2,7H2,1H3. The van der Waals surface area contributed by atoms with E-state index in [0.717, 1.165) is 13.0 Å². The van der Waals surface area contributed by atoms with E-state index in [-0.39, 0.29) is 6.04 Å². The lowest BCUT2D eigenvalue weighted by atomic mass is 10.1. The highest BCUT2D eigenvalue weighted by molar-refractivity contribution is 14.1. The zero-order valence-electron chi connectivity index (χ0n) is 10.1. The Hall–Kier alpha value is 0.0900. The third-order valence-corrected chi connectivity index (χ3v) is 5.29. The Morgan fingerprint density at radius 3 is 2.83 bits per heavy atom. The Balaban J connectivity index is 2.33. The molecule has 0 saturated carbocycles. The number of hydrogen-bond acceptors (Lipinski definition) is 2. The van der Waals surface area contributed by atoms with Crippen LogP contribution < -0.4 is 5.32 Å².